The summed E-state index contributed by atoms with van der Waals surface area (Å²) < 4.78 is 5.19. The van der Waals surface area contributed by atoms with Gasteiger partial charge in [-0.05, 0) is 24.3 Å². The molecule has 1 aliphatic heterocycles. The Labute approximate surface area is 166 Å². The van der Waals surface area contributed by atoms with Crippen LogP contribution < -0.4 is 10.1 Å². The minimum Gasteiger partial charge on any atom is -0.497 e. The van der Waals surface area contributed by atoms with Crippen molar-refractivity contribution in [2.75, 3.05) is 20.2 Å². The zero-order valence-electron chi connectivity index (χ0n) is 15.9. The van der Waals surface area contributed by atoms with Crippen LogP contribution in [-0.4, -0.2) is 52.8 Å². The lowest BCUT2D eigenvalue weighted by Gasteiger charge is -2.13. The predicted molar refractivity (Wildman–Crippen MR) is 106 cm³/mol. The Kier molecular flexibility index (Phi) is 4.99. The van der Waals surface area contributed by atoms with Crippen LogP contribution >= 0.6 is 0 Å². The van der Waals surface area contributed by atoms with Gasteiger partial charge in [0, 0.05) is 32.0 Å². The number of hydrogen-bond acceptors (Lipinski definition) is 5. The molecule has 0 saturated heterocycles. The number of fused-ring (bicyclic) bond motifs is 2. The summed E-state index contributed by atoms with van der Waals surface area (Å²) in [6.45, 7) is 0.459. The van der Waals surface area contributed by atoms with Crippen LogP contribution in [0.25, 0.3) is 11.0 Å². The Morgan fingerprint density at radius 1 is 1.14 bits per heavy atom. The Hall–Kier alpha value is -3.68. The van der Waals surface area contributed by atoms with Crippen LogP contribution in [0.2, 0.25) is 0 Å². The van der Waals surface area contributed by atoms with E-state index in [4.69, 9.17) is 4.74 Å². The summed E-state index contributed by atoms with van der Waals surface area (Å²) in [5, 5.41) is 2.80. The lowest BCUT2D eigenvalue weighted by molar-refractivity contribution is -0.121. The maximum absolute atomic E-state index is 12.3. The quantitative estimate of drug-likeness (QED) is 0.598. The first kappa shape index (κ1) is 18.7. The molecular weight excluding hydrogens is 372 g/mol. The Bertz CT molecular complexity index is 1070. The molecule has 4 rings (SSSR count). The normalized spacial score (nSPS) is 13.1. The van der Waals surface area contributed by atoms with E-state index >= 15 is 0 Å². The molecule has 2 N–H and O–H groups in total. The van der Waals surface area contributed by atoms with Gasteiger partial charge in [-0.1, -0.05) is 12.1 Å². The number of carbonyl (C=O) groups is 3. The van der Waals surface area contributed by atoms with Gasteiger partial charge >= 0.3 is 0 Å². The van der Waals surface area contributed by atoms with Crippen molar-refractivity contribution in [3.63, 3.8) is 0 Å². The summed E-state index contributed by atoms with van der Waals surface area (Å²) in [4.78, 5) is 45.5. The number of imide groups is 1. The van der Waals surface area contributed by atoms with Crippen molar-refractivity contribution >= 4 is 28.8 Å². The lowest BCUT2D eigenvalue weighted by Crippen LogP contribution is -2.35. The van der Waals surface area contributed by atoms with E-state index in [1.165, 1.54) is 0 Å². The molecule has 2 aromatic carbocycles. The average Bonchev–Trinajstić information content (AvgIpc) is 3.25. The number of ether oxygens (including phenoxy) is 1. The van der Waals surface area contributed by atoms with Gasteiger partial charge in [-0.2, -0.15) is 0 Å². The van der Waals surface area contributed by atoms with Crippen LogP contribution in [0.3, 0.4) is 0 Å². The molecule has 8 nitrogen and oxygen atoms in total. The molecule has 0 spiro atoms. The van der Waals surface area contributed by atoms with Crippen LogP contribution in [0.4, 0.5) is 0 Å². The van der Waals surface area contributed by atoms with Crippen molar-refractivity contribution in [2.24, 2.45) is 0 Å². The van der Waals surface area contributed by atoms with Crippen molar-refractivity contribution in [3.05, 3.63) is 59.4 Å². The van der Waals surface area contributed by atoms with E-state index in [0.717, 1.165) is 27.5 Å². The van der Waals surface area contributed by atoms with Crippen LogP contribution in [0.1, 0.15) is 33.0 Å². The molecule has 3 amide bonds. The molecule has 0 bridgehead atoms. The smallest absolute Gasteiger partial charge is 0.261 e. The van der Waals surface area contributed by atoms with Gasteiger partial charge in [-0.3, -0.25) is 19.3 Å². The van der Waals surface area contributed by atoms with Crippen molar-refractivity contribution in [2.45, 2.75) is 12.8 Å². The van der Waals surface area contributed by atoms with Gasteiger partial charge in [0.2, 0.25) is 5.91 Å². The Morgan fingerprint density at radius 2 is 1.86 bits per heavy atom. The van der Waals surface area contributed by atoms with Gasteiger partial charge in [-0.15, -0.1) is 0 Å². The molecule has 0 aliphatic carbocycles. The molecule has 0 saturated carbocycles. The Morgan fingerprint density at radius 3 is 2.55 bits per heavy atom. The number of rotatable bonds is 7. The van der Waals surface area contributed by atoms with E-state index in [2.05, 4.69) is 15.3 Å². The second kappa shape index (κ2) is 7.75. The number of benzene rings is 2. The van der Waals surface area contributed by atoms with Gasteiger partial charge in [0.1, 0.15) is 11.6 Å². The number of carbonyl (C=O) groups excluding carboxylic acids is 3. The number of hydrogen-bond donors (Lipinski definition) is 2. The number of aromatic amines is 1. The number of nitrogens with zero attached hydrogens (tertiary/aromatic N) is 2. The Balaban J connectivity index is 1.27. The molecule has 148 valence electrons. The minimum atomic E-state index is -0.351. The monoisotopic (exact) mass is 392 g/mol. The number of amides is 3. The first-order valence-electron chi connectivity index (χ1n) is 9.31. The predicted octanol–water partition coefficient (Wildman–Crippen LogP) is 1.92. The van der Waals surface area contributed by atoms with E-state index in [1.54, 1.807) is 31.4 Å². The second-order valence-corrected chi connectivity index (χ2v) is 6.72. The molecule has 3 aromatic rings. The molecular formula is C21H20N4O4. The number of imidazole rings is 1. The van der Waals surface area contributed by atoms with Gasteiger partial charge in [0.05, 0.1) is 29.3 Å². The first-order chi connectivity index (χ1) is 14.1. The standard InChI is InChI=1S/C21H20N4O4/c1-29-13-6-7-16-17(12-13)24-18(23-16)8-10-22-19(26)9-11-25-20(27)14-4-2-3-5-15(14)21(25)28/h2-7,12H,8-11H2,1H3,(H,22,26)(H,23,24). The number of H-pyrrole nitrogens is 1. The third-order valence-electron chi connectivity index (χ3n) is 4.86. The van der Waals surface area contributed by atoms with Gasteiger partial charge in [-0.25, -0.2) is 4.98 Å². The molecule has 0 fully saturated rings. The summed E-state index contributed by atoms with van der Waals surface area (Å²) in [5.74, 6) is 0.578. The zero-order valence-corrected chi connectivity index (χ0v) is 15.9. The molecule has 0 radical (unpaired) electrons. The molecule has 1 aliphatic rings. The van der Waals surface area contributed by atoms with E-state index in [9.17, 15) is 14.4 Å². The SMILES string of the molecule is COc1ccc2nc(CCNC(=O)CCN3C(=O)c4ccccc4C3=O)[nH]c2c1. The third-order valence-corrected chi connectivity index (χ3v) is 4.86. The van der Waals surface area contributed by atoms with Crippen molar-refractivity contribution in [1.82, 2.24) is 20.2 Å². The first-order valence-corrected chi connectivity index (χ1v) is 9.31. The van der Waals surface area contributed by atoms with Gasteiger partial charge in [0.15, 0.2) is 0 Å². The second-order valence-electron chi connectivity index (χ2n) is 6.72. The largest absolute Gasteiger partial charge is 0.497 e. The van der Waals surface area contributed by atoms with Crippen LogP contribution in [0.5, 0.6) is 5.75 Å². The van der Waals surface area contributed by atoms with Gasteiger partial charge < -0.3 is 15.0 Å². The fourth-order valence-electron chi connectivity index (χ4n) is 3.35. The van der Waals surface area contributed by atoms with Gasteiger partial charge in [0.25, 0.3) is 11.8 Å². The highest BCUT2D eigenvalue weighted by Gasteiger charge is 2.34. The maximum atomic E-state index is 12.3. The van der Waals surface area contributed by atoms with Crippen LogP contribution in [0.15, 0.2) is 42.5 Å². The third kappa shape index (κ3) is 3.69. The van der Waals surface area contributed by atoms with Crippen molar-refractivity contribution < 1.29 is 19.1 Å². The lowest BCUT2D eigenvalue weighted by atomic mass is 10.1. The van der Waals surface area contributed by atoms with E-state index in [0.29, 0.717) is 24.1 Å². The highest BCUT2D eigenvalue weighted by Crippen LogP contribution is 2.22. The molecule has 1 aromatic heterocycles. The fraction of sp³-hybridized carbons (Fsp3) is 0.238. The van der Waals surface area contributed by atoms with Crippen LogP contribution in [0, 0.1) is 0 Å². The topological polar surface area (TPSA) is 104 Å². The molecule has 0 atom stereocenters. The number of nitrogens with one attached hydrogen (secondary N) is 2. The molecule has 2 heterocycles. The molecule has 0 unspecified atom stereocenters. The summed E-state index contributed by atoms with van der Waals surface area (Å²) >= 11 is 0. The summed E-state index contributed by atoms with van der Waals surface area (Å²) in [5.41, 5.74) is 2.48. The van der Waals surface area contributed by atoms with Crippen molar-refractivity contribution in [3.8, 4) is 5.75 Å². The minimum absolute atomic E-state index is 0.0581. The number of aromatic nitrogens is 2. The molecule has 29 heavy (non-hydrogen) atoms. The maximum Gasteiger partial charge on any atom is 0.261 e. The molecule has 8 heteroatoms. The summed E-state index contributed by atoms with van der Waals surface area (Å²) in [7, 11) is 1.61. The zero-order chi connectivity index (χ0) is 20.4. The van der Waals surface area contributed by atoms with Crippen molar-refractivity contribution in [1.29, 1.82) is 0 Å². The highest BCUT2D eigenvalue weighted by atomic mass is 16.5. The van der Waals surface area contributed by atoms with Crippen LogP contribution in [-0.2, 0) is 11.2 Å². The van der Waals surface area contributed by atoms with E-state index < -0.39 is 0 Å². The van der Waals surface area contributed by atoms with E-state index in [-0.39, 0.29) is 30.7 Å². The average molecular weight is 392 g/mol. The van der Waals surface area contributed by atoms with E-state index in [1.807, 2.05) is 18.2 Å². The highest BCUT2D eigenvalue weighted by molar-refractivity contribution is 6.21. The summed E-state index contributed by atoms with van der Waals surface area (Å²) in [6.07, 6.45) is 0.596. The summed E-state index contributed by atoms with van der Waals surface area (Å²) in [6, 6.07) is 12.3. The number of methoxy groups -OCH3 is 1. The fourth-order valence-corrected chi connectivity index (χ4v) is 3.35.